The second-order valence-corrected chi connectivity index (χ2v) is 29.8. The lowest BCUT2D eigenvalue weighted by atomic mass is 9.64. The molecule has 6 nitrogen and oxygen atoms in total. The summed E-state index contributed by atoms with van der Waals surface area (Å²) in [5.41, 5.74) is 21.9. The first-order chi connectivity index (χ1) is 51.5. The molecule has 1 aliphatic carbocycles. The Kier molecular flexibility index (Phi) is 12.1. The molecule has 0 atom stereocenters. The Hall–Kier alpha value is -11.2. The van der Waals surface area contributed by atoms with E-state index in [4.69, 9.17) is 17.9 Å². The Morgan fingerprint density at radius 2 is 1.02 bits per heavy atom. The summed E-state index contributed by atoms with van der Waals surface area (Å²) in [5.74, 6) is 0.700. The second kappa shape index (κ2) is 23.0. The molecule has 1 spiro atoms. The van der Waals surface area contributed by atoms with Gasteiger partial charge in [-0.3, -0.25) is 4.57 Å². The van der Waals surface area contributed by atoms with Gasteiger partial charge in [-0.1, -0.05) is 238 Å². The summed E-state index contributed by atoms with van der Waals surface area (Å²) in [6, 6.07) is 87.1. The molecule has 0 saturated carbocycles. The first-order valence-corrected chi connectivity index (χ1v) is 34.2. The van der Waals surface area contributed by atoms with Gasteiger partial charge in [-0.2, -0.15) is 0 Å². The molecule has 6 heteroatoms. The Labute approximate surface area is 595 Å². The van der Waals surface area contributed by atoms with Crippen molar-refractivity contribution >= 4 is 61.6 Å². The fourth-order valence-corrected chi connectivity index (χ4v) is 15.6. The van der Waals surface area contributed by atoms with Crippen molar-refractivity contribution in [2.75, 3.05) is 21.4 Å². The van der Waals surface area contributed by atoms with E-state index in [1.807, 2.05) is 53.1 Å². The van der Waals surface area contributed by atoms with Crippen LogP contribution in [0, 0.1) is 13.7 Å². The van der Waals surface area contributed by atoms with Gasteiger partial charge in [0.1, 0.15) is 24.0 Å². The summed E-state index contributed by atoms with van der Waals surface area (Å²) in [4.78, 5) is 11.8. The van der Waals surface area contributed by atoms with Gasteiger partial charge in [0.15, 0.2) is 0 Å². The number of para-hydroxylation sites is 6. The summed E-state index contributed by atoms with van der Waals surface area (Å²) in [6.07, 6.45) is 1.49. The number of hydrogen-bond donors (Lipinski definition) is 0. The van der Waals surface area contributed by atoms with Crippen LogP contribution in [0.4, 0.5) is 39.8 Å². The monoisotopic (exact) mass is 1290 g/mol. The van der Waals surface area contributed by atoms with Crippen LogP contribution in [0.1, 0.15) is 125 Å². The van der Waals surface area contributed by atoms with Gasteiger partial charge in [0.05, 0.1) is 49.0 Å². The van der Waals surface area contributed by atoms with E-state index in [9.17, 15) is 4.11 Å². The van der Waals surface area contributed by atoms with Crippen molar-refractivity contribution in [3.8, 4) is 61.8 Å². The van der Waals surface area contributed by atoms with E-state index in [2.05, 4.69) is 247 Å². The number of rotatable bonds is 9. The highest BCUT2D eigenvalue weighted by atomic mass is 16.5. The predicted octanol–water partition coefficient (Wildman–Crippen LogP) is 24.9. The molecule has 2 aromatic heterocycles. The maximum absolute atomic E-state index is 9.95. The van der Waals surface area contributed by atoms with E-state index in [-0.39, 0.29) is 63.5 Å². The first kappa shape index (κ1) is 52.0. The molecule has 0 unspecified atom stereocenters. The van der Waals surface area contributed by atoms with Crippen LogP contribution in [0.15, 0.2) is 279 Å². The van der Waals surface area contributed by atoms with Crippen LogP contribution in [-0.4, -0.2) is 16.2 Å². The van der Waals surface area contributed by atoms with E-state index < -0.39 is 19.1 Å². The van der Waals surface area contributed by atoms with E-state index in [1.54, 1.807) is 24.3 Å². The van der Waals surface area contributed by atoms with Crippen molar-refractivity contribution in [2.24, 2.45) is 0 Å². The molecule has 2 aliphatic heterocycles. The van der Waals surface area contributed by atoms with Crippen LogP contribution in [-0.2, 0) is 21.7 Å². The summed E-state index contributed by atoms with van der Waals surface area (Å²) in [7, 11) is 0. The third-order valence-electron chi connectivity index (χ3n) is 20.5. The predicted molar refractivity (Wildman–Crippen MR) is 415 cm³/mol. The summed E-state index contributed by atoms with van der Waals surface area (Å²) in [6.45, 7) is 15.8. The average molecular weight is 1290 g/mol. The lowest BCUT2D eigenvalue weighted by molar-refractivity contribution is 0.483. The number of pyridine rings is 1. The Bertz CT molecular complexity index is 5930. The van der Waals surface area contributed by atoms with Gasteiger partial charge in [0.2, 0.25) is 0 Å². The molecular formula is C93H81N5O. The third-order valence-corrected chi connectivity index (χ3v) is 20.5. The summed E-state index contributed by atoms with van der Waals surface area (Å²) in [5, 5.41) is 1.70. The van der Waals surface area contributed by atoms with E-state index in [0.29, 0.717) is 28.3 Å². The highest BCUT2D eigenvalue weighted by Gasteiger charge is 2.52. The van der Waals surface area contributed by atoms with E-state index in [1.165, 1.54) is 62.8 Å². The fourth-order valence-electron chi connectivity index (χ4n) is 15.6. The zero-order chi connectivity index (χ0) is 75.5. The van der Waals surface area contributed by atoms with Crippen LogP contribution < -0.4 is 19.4 Å². The van der Waals surface area contributed by atoms with Crippen LogP contribution in [0.3, 0.4) is 0 Å². The minimum atomic E-state index is -2.62. The van der Waals surface area contributed by atoms with Crippen LogP contribution in [0.25, 0.3) is 72.1 Å². The molecule has 99 heavy (non-hydrogen) atoms. The van der Waals surface area contributed by atoms with Crippen LogP contribution in [0.5, 0.6) is 11.5 Å². The first-order valence-electron chi connectivity index (χ1n) is 38.7. The van der Waals surface area contributed by atoms with Crippen LogP contribution in [0.2, 0.25) is 0 Å². The summed E-state index contributed by atoms with van der Waals surface area (Å²) >= 11 is 0. The largest absolute Gasteiger partial charge is 0.457 e. The van der Waals surface area contributed by atoms with Crippen molar-refractivity contribution in [1.82, 2.24) is 9.55 Å². The number of aryl methyl sites for hydroxylation is 2. The summed E-state index contributed by atoms with van der Waals surface area (Å²) < 4.78 is 88.7. The number of hydrogen-bond acceptors (Lipinski definition) is 5. The molecule has 4 heterocycles. The smallest absolute Gasteiger partial charge is 0.137 e. The number of ether oxygens (including phenoxy) is 1. The standard InChI is InChI=1S/C93H81N5O/c1-59-27-25-28-61(47-59)77-57-94-88(48-60(77)2)98-82-38-20-16-34-73(82)74-46-44-70(56-87(74)98)99-69-32-26-31-68(55-69)95-58-96(86-42-24-23-41-85(86)95)89-75(53-66(92(9,10)11)54-76(89)63-49-64(90(3,4)5)52-65(50-63)91(6,7)8)62-43-45-72-71-33-15-17-35-78(71)93(81(72)51-62)79-36-18-21-39-83(79)97(67-29-13-12-14-30-67)84-40-22-19-37-80(84)93/h12-57H,58H2,1-11H3/i1D3,2D3,26D,31D,32D. The van der Waals surface area contributed by atoms with Gasteiger partial charge in [-0.25, -0.2) is 4.98 Å². The highest BCUT2D eigenvalue weighted by molar-refractivity contribution is 6.10. The molecule has 484 valence electrons. The molecule has 0 bridgehead atoms. The average Bonchev–Trinajstić information content (AvgIpc) is 1.43. The van der Waals surface area contributed by atoms with Gasteiger partial charge in [0, 0.05) is 65.4 Å². The molecule has 17 rings (SSSR count). The second-order valence-electron chi connectivity index (χ2n) is 29.8. The maximum atomic E-state index is 9.95. The Balaban J connectivity index is 0.843. The molecule has 12 aromatic carbocycles. The fraction of sp³-hybridized carbons (Fsp3) is 0.172. The SMILES string of the molecule is [2H]c1c(Oc2ccc3c4ccccc4n(-c4cc(C([2H])([2H])[2H])c(-c5cccc(C([2H])([2H])[2H])c5)cn4)c3c2)cc(N2CN(c3c(-c4cc(C(C)(C)C)cc(C(C)(C)C)c4)cc(C(C)(C)C)cc3-c3ccc4c(c3)C3(c5ccccc5-4)c4ccccc4N(c4ccccc4)c4ccccc43)c3ccccc32)c([2H])c1[2H]. The number of fused-ring (bicyclic) bond motifs is 13. The number of anilines is 7. The minimum absolute atomic E-state index is 0.00409. The van der Waals surface area contributed by atoms with Gasteiger partial charge in [-0.15, -0.1) is 0 Å². The number of aromatic nitrogens is 2. The zero-order valence-corrected chi connectivity index (χ0v) is 57.2. The molecular weight excluding hydrogens is 1200 g/mol. The molecule has 0 N–H and O–H groups in total. The van der Waals surface area contributed by atoms with E-state index in [0.717, 1.165) is 78.2 Å². The molecule has 0 fully saturated rings. The molecule has 14 aromatic rings. The zero-order valence-electron chi connectivity index (χ0n) is 66.2. The molecule has 0 saturated heterocycles. The lowest BCUT2D eigenvalue weighted by Crippen LogP contribution is -2.36. The van der Waals surface area contributed by atoms with Gasteiger partial charge in [0.25, 0.3) is 0 Å². The quantitative estimate of drug-likeness (QED) is 0.144. The lowest BCUT2D eigenvalue weighted by Gasteiger charge is -2.45. The minimum Gasteiger partial charge on any atom is -0.457 e. The van der Waals surface area contributed by atoms with Crippen molar-refractivity contribution in [1.29, 1.82) is 0 Å². The molecule has 0 radical (unpaired) electrons. The van der Waals surface area contributed by atoms with Crippen molar-refractivity contribution in [2.45, 2.75) is 97.7 Å². The van der Waals surface area contributed by atoms with Gasteiger partial charge < -0.3 is 19.4 Å². The third kappa shape index (κ3) is 10.1. The Morgan fingerprint density at radius 1 is 0.414 bits per heavy atom. The van der Waals surface area contributed by atoms with Crippen molar-refractivity contribution in [3.63, 3.8) is 0 Å². The van der Waals surface area contributed by atoms with E-state index >= 15 is 0 Å². The van der Waals surface area contributed by atoms with Gasteiger partial charge in [-0.05, 0) is 193 Å². The number of benzene rings is 12. The topological polar surface area (TPSA) is 36.8 Å². The van der Waals surface area contributed by atoms with Crippen LogP contribution >= 0.6 is 0 Å². The number of nitrogens with zero attached hydrogens (tertiary/aromatic N) is 5. The Morgan fingerprint density at radius 3 is 1.73 bits per heavy atom. The molecule has 0 amide bonds. The maximum Gasteiger partial charge on any atom is 0.137 e. The highest BCUT2D eigenvalue weighted by Crippen LogP contribution is 2.64. The normalized spacial score (nSPS) is 15.4. The van der Waals surface area contributed by atoms with Crippen molar-refractivity contribution in [3.05, 3.63) is 329 Å². The molecule has 3 aliphatic rings. The van der Waals surface area contributed by atoms with Gasteiger partial charge >= 0.3 is 0 Å². The van der Waals surface area contributed by atoms with Crippen molar-refractivity contribution < 1.29 is 17.1 Å².